The Bertz CT molecular complexity index is 225. The maximum absolute atomic E-state index is 11.5. The average molecular weight is 231 g/mol. The molecule has 94 valence electrons. The number of ether oxygens (including phenoxy) is 1. The van der Waals surface area contributed by atoms with Crippen LogP contribution in [0.5, 0.6) is 0 Å². The van der Waals surface area contributed by atoms with Crippen molar-refractivity contribution in [3.63, 3.8) is 0 Å². The van der Waals surface area contributed by atoms with E-state index >= 15 is 0 Å². The number of nitrogens with one attached hydrogen (secondary N) is 1. The number of amides is 1. The van der Waals surface area contributed by atoms with Crippen molar-refractivity contribution in [3.05, 3.63) is 0 Å². The molecule has 1 aliphatic rings. The topological polar surface area (TPSA) is 87.8 Å². The lowest BCUT2D eigenvalue weighted by Crippen LogP contribution is -2.51. The summed E-state index contributed by atoms with van der Waals surface area (Å²) in [5, 5.41) is 11.8. The highest BCUT2D eigenvalue weighted by molar-refractivity contribution is 5.78. The van der Waals surface area contributed by atoms with Crippen LogP contribution in [-0.4, -0.2) is 67.5 Å². The minimum Gasteiger partial charge on any atom is -0.394 e. The lowest BCUT2D eigenvalue weighted by atomic mass is 10.2. The van der Waals surface area contributed by atoms with Crippen molar-refractivity contribution in [2.75, 3.05) is 39.3 Å². The fourth-order valence-electron chi connectivity index (χ4n) is 1.84. The third kappa shape index (κ3) is 4.44. The quantitative estimate of drug-likeness (QED) is 0.516. The Balaban J connectivity index is 2.32. The lowest BCUT2D eigenvalue weighted by molar-refractivity contribution is -0.128. The molecular weight excluding hydrogens is 210 g/mol. The summed E-state index contributed by atoms with van der Waals surface area (Å²) >= 11 is 0. The lowest BCUT2D eigenvalue weighted by Gasteiger charge is -2.35. The van der Waals surface area contributed by atoms with Crippen molar-refractivity contribution >= 4 is 5.91 Å². The van der Waals surface area contributed by atoms with Gasteiger partial charge in [-0.05, 0) is 6.92 Å². The standard InChI is InChI=1S/C10H21N3O3/c1-8-4-13(5-9(7-14)16-8)6-10(15)12-3-2-11/h8-9,14H,2-7,11H2,1H3,(H,12,15). The van der Waals surface area contributed by atoms with E-state index < -0.39 is 0 Å². The summed E-state index contributed by atoms with van der Waals surface area (Å²) in [4.78, 5) is 13.4. The van der Waals surface area contributed by atoms with Crippen molar-refractivity contribution < 1.29 is 14.6 Å². The minimum absolute atomic E-state index is 0.00867. The first-order valence-corrected chi connectivity index (χ1v) is 5.61. The smallest absolute Gasteiger partial charge is 0.234 e. The van der Waals surface area contributed by atoms with Gasteiger partial charge in [-0.2, -0.15) is 0 Å². The first-order valence-electron chi connectivity index (χ1n) is 5.61. The Kier molecular flexibility index (Phi) is 5.68. The van der Waals surface area contributed by atoms with Crippen LogP contribution in [0.25, 0.3) is 0 Å². The molecular formula is C10H21N3O3. The van der Waals surface area contributed by atoms with Crippen LogP contribution >= 0.6 is 0 Å². The zero-order chi connectivity index (χ0) is 12.0. The number of nitrogens with two attached hydrogens (primary N) is 1. The summed E-state index contributed by atoms with van der Waals surface area (Å²) in [7, 11) is 0. The van der Waals surface area contributed by atoms with Gasteiger partial charge in [-0.1, -0.05) is 0 Å². The number of rotatable bonds is 5. The largest absolute Gasteiger partial charge is 0.394 e. The van der Waals surface area contributed by atoms with Crippen molar-refractivity contribution in [1.82, 2.24) is 10.2 Å². The predicted octanol–water partition coefficient (Wildman–Crippen LogP) is -1.86. The van der Waals surface area contributed by atoms with Crippen molar-refractivity contribution in [2.24, 2.45) is 5.73 Å². The third-order valence-corrected chi connectivity index (χ3v) is 2.44. The molecule has 4 N–H and O–H groups in total. The molecule has 1 rings (SSSR count). The number of morpholine rings is 1. The van der Waals surface area contributed by atoms with E-state index in [9.17, 15) is 4.79 Å². The molecule has 0 saturated carbocycles. The minimum atomic E-state index is -0.189. The summed E-state index contributed by atoms with van der Waals surface area (Å²) in [5.74, 6) is -0.0313. The van der Waals surface area contributed by atoms with E-state index in [0.717, 1.165) is 0 Å². The Morgan fingerprint density at radius 2 is 2.38 bits per heavy atom. The Morgan fingerprint density at radius 3 is 3.00 bits per heavy atom. The molecule has 1 saturated heterocycles. The summed E-state index contributed by atoms with van der Waals surface area (Å²) in [6, 6.07) is 0. The van der Waals surface area contributed by atoms with Gasteiger partial charge in [-0.3, -0.25) is 9.69 Å². The Labute approximate surface area is 95.7 Å². The normalized spacial score (nSPS) is 26.7. The molecule has 6 nitrogen and oxygen atoms in total. The van der Waals surface area contributed by atoms with E-state index in [2.05, 4.69) is 5.32 Å². The molecule has 0 radical (unpaired) electrons. The molecule has 0 bridgehead atoms. The first-order chi connectivity index (χ1) is 7.65. The number of aliphatic hydroxyl groups is 1. The van der Waals surface area contributed by atoms with E-state index in [4.69, 9.17) is 15.6 Å². The molecule has 1 amide bonds. The SMILES string of the molecule is CC1CN(CC(=O)NCCN)CC(CO)O1. The average Bonchev–Trinajstić information content (AvgIpc) is 2.25. The number of carbonyl (C=O) groups excluding carboxylic acids is 1. The number of carbonyl (C=O) groups is 1. The van der Waals surface area contributed by atoms with E-state index in [-0.39, 0.29) is 24.7 Å². The summed E-state index contributed by atoms with van der Waals surface area (Å²) in [6.45, 7) is 4.53. The molecule has 0 aromatic rings. The van der Waals surface area contributed by atoms with Crippen LogP contribution in [0.1, 0.15) is 6.92 Å². The van der Waals surface area contributed by atoms with Gasteiger partial charge >= 0.3 is 0 Å². The second-order valence-corrected chi connectivity index (χ2v) is 4.08. The number of hydrogen-bond donors (Lipinski definition) is 3. The maximum Gasteiger partial charge on any atom is 0.234 e. The van der Waals surface area contributed by atoms with Gasteiger partial charge in [0.2, 0.25) is 5.91 Å². The van der Waals surface area contributed by atoms with Gasteiger partial charge in [0.15, 0.2) is 0 Å². The van der Waals surface area contributed by atoms with Crippen LogP contribution in [-0.2, 0) is 9.53 Å². The van der Waals surface area contributed by atoms with Crippen molar-refractivity contribution in [3.8, 4) is 0 Å². The number of aliphatic hydroxyl groups excluding tert-OH is 1. The summed E-state index contributed by atoms with van der Waals surface area (Å²) < 4.78 is 5.49. The third-order valence-electron chi connectivity index (χ3n) is 2.44. The highest BCUT2D eigenvalue weighted by Gasteiger charge is 2.25. The van der Waals surface area contributed by atoms with Gasteiger partial charge in [-0.15, -0.1) is 0 Å². The van der Waals surface area contributed by atoms with E-state index in [1.807, 2.05) is 11.8 Å². The van der Waals surface area contributed by atoms with Gasteiger partial charge in [0, 0.05) is 26.2 Å². The Morgan fingerprint density at radius 1 is 1.62 bits per heavy atom. The molecule has 2 atom stereocenters. The van der Waals surface area contributed by atoms with Crippen LogP contribution in [0.3, 0.4) is 0 Å². The molecule has 0 aliphatic carbocycles. The van der Waals surface area contributed by atoms with Gasteiger partial charge in [-0.25, -0.2) is 0 Å². The number of nitrogens with zero attached hydrogens (tertiary/aromatic N) is 1. The van der Waals surface area contributed by atoms with Gasteiger partial charge < -0.3 is 20.9 Å². The van der Waals surface area contributed by atoms with Crippen molar-refractivity contribution in [2.45, 2.75) is 19.1 Å². The molecule has 1 heterocycles. The second kappa shape index (κ2) is 6.80. The van der Waals surface area contributed by atoms with E-state index in [0.29, 0.717) is 32.7 Å². The second-order valence-electron chi connectivity index (χ2n) is 4.08. The monoisotopic (exact) mass is 231 g/mol. The molecule has 0 aromatic carbocycles. The highest BCUT2D eigenvalue weighted by Crippen LogP contribution is 2.09. The zero-order valence-corrected chi connectivity index (χ0v) is 9.69. The molecule has 0 spiro atoms. The molecule has 1 fully saturated rings. The fourth-order valence-corrected chi connectivity index (χ4v) is 1.84. The summed E-state index contributed by atoms with van der Waals surface area (Å²) in [6.07, 6.45) is -0.140. The van der Waals surface area contributed by atoms with E-state index in [1.165, 1.54) is 0 Å². The molecule has 0 aromatic heterocycles. The first kappa shape index (κ1) is 13.4. The number of hydrogen-bond acceptors (Lipinski definition) is 5. The van der Waals surface area contributed by atoms with Crippen molar-refractivity contribution in [1.29, 1.82) is 0 Å². The highest BCUT2D eigenvalue weighted by atomic mass is 16.5. The van der Waals surface area contributed by atoms with Gasteiger partial charge in [0.05, 0.1) is 25.4 Å². The molecule has 1 aliphatic heterocycles. The van der Waals surface area contributed by atoms with Gasteiger partial charge in [0.1, 0.15) is 0 Å². The van der Waals surface area contributed by atoms with Crippen LogP contribution in [0.15, 0.2) is 0 Å². The zero-order valence-electron chi connectivity index (χ0n) is 9.69. The van der Waals surface area contributed by atoms with E-state index in [1.54, 1.807) is 0 Å². The molecule has 2 unspecified atom stereocenters. The Hall–Kier alpha value is -0.690. The molecule has 6 heteroatoms. The molecule has 16 heavy (non-hydrogen) atoms. The van der Waals surface area contributed by atoms with Crippen LogP contribution in [0.4, 0.5) is 0 Å². The predicted molar refractivity (Wildman–Crippen MR) is 59.9 cm³/mol. The maximum atomic E-state index is 11.5. The van der Waals surface area contributed by atoms with Crippen LogP contribution < -0.4 is 11.1 Å². The van der Waals surface area contributed by atoms with Crippen LogP contribution in [0, 0.1) is 0 Å². The summed E-state index contributed by atoms with van der Waals surface area (Å²) in [5.41, 5.74) is 5.29. The van der Waals surface area contributed by atoms with Gasteiger partial charge in [0.25, 0.3) is 0 Å². The van der Waals surface area contributed by atoms with Crippen LogP contribution in [0.2, 0.25) is 0 Å². The fraction of sp³-hybridized carbons (Fsp3) is 0.900.